The lowest BCUT2D eigenvalue weighted by Crippen LogP contribution is -2.38. The van der Waals surface area contributed by atoms with Gasteiger partial charge in [0.1, 0.15) is 0 Å². The van der Waals surface area contributed by atoms with Crippen molar-refractivity contribution in [3.8, 4) is 0 Å². The first-order valence-corrected chi connectivity index (χ1v) is 5.92. The highest BCUT2D eigenvalue weighted by Crippen LogP contribution is 2.27. The van der Waals surface area contributed by atoms with Gasteiger partial charge in [0.2, 0.25) is 0 Å². The number of hydrogen-bond donors (Lipinski definition) is 0. The molecular formula is C12H25N. The van der Waals surface area contributed by atoms with E-state index in [0.717, 1.165) is 0 Å². The first-order valence-electron chi connectivity index (χ1n) is 5.92. The molecule has 0 atom stereocenters. The highest BCUT2D eigenvalue weighted by molar-refractivity contribution is 4.77. The fourth-order valence-corrected chi connectivity index (χ4v) is 2.13. The summed E-state index contributed by atoms with van der Waals surface area (Å²) in [7, 11) is 0. The minimum Gasteiger partial charge on any atom is -0.303 e. The smallest absolute Gasteiger partial charge is 0.00351 e. The van der Waals surface area contributed by atoms with Crippen molar-refractivity contribution >= 4 is 0 Å². The Morgan fingerprint density at radius 1 is 1.00 bits per heavy atom. The Hall–Kier alpha value is -0.0400. The number of rotatable bonds is 4. The molecule has 78 valence electrons. The third-order valence-corrected chi connectivity index (χ3v) is 3.76. The zero-order chi connectivity index (χ0) is 9.73. The van der Waals surface area contributed by atoms with E-state index in [0.29, 0.717) is 5.41 Å². The highest BCUT2D eigenvalue weighted by Gasteiger charge is 2.23. The molecule has 1 fully saturated rings. The molecule has 0 bridgehead atoms. The van der Waals surface area contributed by atoms with Gasteiger partial charge in [0, 0.05) is 6.54 Å². The highest BCUT2D eigenvalue weighted by atomic mass is 15.1. The lowest BCUT2D eigenvalue weighted by Gasteiger charge is -2.36. The number of hydrogen-bond acceptors (Lipinski definition) is 1. The molecule has 0 aromatic carbocycles. The van der Waals surface area contributed by atoms with Gasteiger partial charge in [0.25, 0.3) is 0 Å². The van der Waals surface area contributed by atoms with E-state index < -0.39 is 0 Å². The van der Waals surface area contributed by atoms with Crippen molar-refractivity contribution in [3.63, 3.8) is 0 Å². The second kappa shape index (κ2) is 4.99. The van der Waals surface area contributed by atoms with Crippen molar-refractivity contribution in [2.24, 2.45) is 5.41 Å². The fraction of sp³-hybridized carbons (Fsp3) is 1.00. The predicted octanol–water partition coefficient (Wildman–Crippen LogP) is 3.30. The number of nitrogens with zero attached hydrogens (tertiary/aromatic N) is 1. The van der Waals surface area contributed by atoms with Crippen LogP contribution in [0.3, 0.4) is 0 Å². The molecule has 0 amide bonds. The maximum atomic E-state index is 2.66. The molecule has 0 aromatic rings. The molecule has 1 saturated heterocycles. The van der Waals surface area contributed by atoms with Gasteiger partial charge in [-0.25, -0.2) is 0 Å². The average molecular weight is 183 g/mol. The molecule has 0 N–H and O–H groups in total. The van der Waals surface area contributed by atoms with Crippen molar-refractivity contribution < 1.29 is 0 Å². The molecule has 1 heterocycles. The molecule has 1 rings (SSSR count). The summed E-state index contributed by atoms with van der Waals surface area (Å²) in [5.74, 6) is 0. The van der Waals surface area contributed by atoms with Crippen molar-refractivity contribution in [2.75, 3.05) is 19.6 Å². The van der Waals surface area contributed by atoms with Crippen LogP contribution in [-0.2, 0) is 0 Å². The van der Waals surface area contributed by atoms with Crippen molar-refractivity contribution in [3.05, 3.63) is 0 Å². The molecule has 0 aliphatic carbocycles. The van der Waals surface area contributed by atoms with Gasteiger partial charge in [0.15, 0.2) is 0 Å². The van der Waals surface area contributed by atoms with Crippen LogP contribution in [0.1, 0.15) is 52.9 Å². The summed E-state index contributed by atoms with van der Waals surface area (Å²) in [5.41, 5.74) is 0.567. The third-order valence-electron chi connectivity index (χ3n) is 3.76. The Bertz CT molecular complexity index is 132. The van der Waals surface area contributed by atoms with Crippen LogP contribution in [-0.4, -0.2) is 24.5 Å². The minimum atomic E-state index is 0.567. The van der Waals surface area contributed by atoms with Gasteiger partial charge in [-0.05, 0) is 44.2 Å². The second-order valence-electron chi connectivity index (χ2n) is 4.85. The summed E-state index contributed by atoms with van der Waals surface area (Å²) in [6.45, 7) is 11.1. The van der Waals surface area contributed by atoms with Gasteiger partial charge >= 0.3 is 0 Å². The first-order chi connectivity index (χ1) is 6.20. The molecule has 1 aliphatic rings. The molecule has 0 unspecified atom stereocenters. The molecular weight excluding hydrogens is 158 g/mol. The van der Waals surface area contributed by atoms with Crippen LogP contribution in [0.5, 0.6) is 0 Å². The van der Waals surface area contributed by atoms with Gasteiger partial charge in [-0.2, -0.15) is 0 Å². The molecule has 0 saturated carbocycles. The Balaban J connectivity index is 2.35. The Morgan fingerprint density at radius 3 is 2.00 bits per heavy atom. The monoisotopic (exact) mass is 183 g/mol. The largest absolute Gasteiger partial charge is 0.303 e. The minimum absolute atomic E-state index is 0.567. The summed E-state index contributed by atoms with van der Waals surface area (Å²) in [6.07, 6.45) is 6.93. The van der Waals surface area contributed by atoms with Gasteiger partial charge in [-0.15, -0.1) is 0 Å². The summed E-state index contributed by atoms with van der Waals surface area (Å²) in [5, 5.41) is 0. The molecule has 13 heavy (non-hydrogen) atoms. The molecule has 0 radical (unpaired) electrons. The quantitative estimate of drug-likeness (QED) is 0.646. The lowest BCUT2D eigenvalue weighted by atomic mass is 9.84. The summed E-state index contributed by atoms with van der Waals surface area (Å²) < 4.78 is 0. The second-order valence-corrected chi connectivity index (χ2v) is 4.85. The van der Waals surface area contributed by atoms with E-state index in [9.17, 15) is 0 Å². The van der Waals surface area contributed by atoms with Crippen LogP contribution in [0.15, 0.2) is 0 Å². The average Bonchev–Trinajstić information content (AvgIpc) is 2.19. The Kier molecular flexibility index (Phi) is 4.24. The summed E-state index contributed by atoms with van der Waals surface area (Å²) in [4.78, 5) is 2.66. The third kappa shape index (κ3) is 3.30. The Labute approximate surface area is 83.5 Å². The SMILES string of the molecule is CCC(C)(CC)CN1CCCCC1. The molecule has 0 aromatic heterocycles. The predicted molar refractivity (Wildman–Crippen MR) is 59.0 cm³/mol. The Morgan fingerprint density at radius 2 is 1.54 bits per heavy atom. The first kappa shape index (κ1) is 11.0. The maximum Gasteiger partial charge on any atom is 0.00351 e. The zero-order valence-electron chi connectivity index (χ0n) is 9.60. The molecule has 1 aliphatic heterocycles. The van der Waals surface area contributed by atoms with E-state index in [-0.39, 0.29) is 0 Å². The number of piperidine rings is 1. The molecule has 0 spiro atoms. The van der Waals surface area contributed by atoms with E-state index in [1.807, 2.05) is 0 Å². The number of likely N-dealkylation sites (tertiary alicyclic amines) is 1. The van der Waals surface area contributed by atoms with E-state index in [1.54, 1.807) is 0 Å². The fourth-order valence-electron chi connectivity index (χ4n) is 2.13. The standard InChI is InChI=1S/C12H25N/c1-4-12(3,5-2)11-13-9-7-6-8-10-13/h4-11H2,1-3H3. The van der Waals surface area contributed by atoms with Gasteiger partial charge in [-0.3, -0.25) is 0 Å². The van der Waals surface area contributed by atoms with E-state index in [1.165, 1.54) is 51.7 Å². The van der Waals surface area contributed by atoms with Gasteiger partial charge in [-0.1, -0.05) is 27.2 Å². The van der Waals surface area contributed by atoms with E-state index in [2.05, 4.69) is 25.7 Å². The van der Waals surface area contributed by atoms with Crippen molar-refractivity contribution in [2.45, 2.75) is 52.9 Å². The summed E-state index contributed by atoms with van der Waals surface area (Å²) >= 11 is 0. The van der Waals surface area contributed by atoms with Gasteiger partial charge < -0.3 is 4.90 Å². The molecule has 1 heteroatoms. The van der Waals surface area contributed by atoms with Crippen LogP contribution in [0.25, 0.3) is 0 Å². The van der Waals surface area contributed by atoms with E-state index >= 15 is 0 Å². The van der Waals surface area contributed by atoms with Crippen LogP contribution in [0.2, 0.25) is 0 Å². The maximum absolute atomic E-state index is 2.66. The van der Waals surface area contributed by atoms with Crippen LogP contribution in [0, 0.1) is 5.41 Å². The van der Waals surface area contributed by atoms with Crippen LogP contribution in [0.4, 0.5) is 0 Å². The van der Waals surface area contributed by atoms with Crippen LogP contribution < -0.4 is 0 Å². The van der Waals surface area contributed by atoms with Gasteiger partial charge in [0.05, 0.1) is 0 Å². The van der Waals surface area contributed by atoms with E-state index in [4.69, 9.17) is 0 Å². The normalized spacial score (nSPS) is 20.5. The lowest BCUT2D eigenvalue weighted by molar-refractivity contribution is 0.133. The van der Waals surface area contributed by atoms with Crippen molar-refractivity contribution in [1.82, 2.24) is 4.90 Å². The zero-order valence-corrected chi connectivity index (χ0v) is 9.60. The van der Waals surface area contributed by atoms with Crippen molar-refractivity contribution in [1.29, 1.82) is 0 Å². The molecule has 1 nitrogen and oxygen atoms in total. The topological polar surface area (TPSA) is 3.24 Å². The summed E-state index contributed by atoms with van der Waals surface area (Å²) in [6, 6.07) is 0. The van der Waals surface area contributed by atoms with Crippen LogP contribution >= 0.6 is 0 Å².